The number of aldehydes is 1. The molecular formula is C9H16O. The van der Waals surface area contributed by atoms with E-state index in [-0.39, 0.29) is 5.92 Å². The summed E-state index contributed by atoms with van der Waals surface area (Å²) < 4.78 is 0. The molecular weight excluding hydrogens is 124 g/mol. The molecule has 0 aromatic rings. The smallest absolute Gasteiger partial charge is 0.123 e. The molecule has 0 rings (SSSR count). The lowest BCUT2D eigenvalue weighted by molar-refractivity contribution is -0.111. The van der Waals surface area contributed by atoms with E-state index in [4.69, 9.17) is 0 Å². The van der Waals surface area contributed by atoms with Gasteiger partial charge in [-0.25, -0.2) is 0 Å². The molecule has 0 aromatic heterocycles. The Morgan fingerprint density at radius 3 is 2.70 bits per heavy atom. The Kier molecular flexibility index (Phi) is 6.14. The van der Waals surface area contributed by atoms with Crippen LogP contribution in [0.25, 0.3) is 0 Å². The molecule has 0 radical (unpaired) electrons. The van der Waals surface area contributed by atoms with Crippen LogP contribution in [0, 0.1) is 5.92 Å². The third-order valence-electron chi connectivity index (χ3n) is 1.59. The van der Waals surface area contributed by atoms with Crippen molar-refractivity contribution < 1.29 is 4.79 Å². The molecule has 58 valence electrons. The Labute approximate surface area is 63.1 Å². The van der Waals surface area contributed by atoms with Crippen molar-refractivity contribution in [2.24, 2.45) is 5.92 Å². The molecule has 0 aromatic carbocycles. The predicted molar refractivity (Wildman–Crippen MR) is 43.9 cm³/mol. The normalized spacial score (nSPS) is 12.5. The zero-order valence-electron chi connectivity index (χ0n) is 6.68. The highest BCUT2D eigenvalue weighted by Gasteiger charge is 2.02. The molecule has 0 aliphatic rings. The minimum absolute atomic E-state index is 0.220. The minimum Gasteiger partial charge on any atom is -0.303 e. The van der Waals surface area contributed by atoms with Gasteiger partial charge in [0.2, 0.25) is 0 Å². The van der Waals surface area contributed by atoms with Crippen LogP contribution < -0.4 is 0 Å². The summed E-state index contributed by atoms with van der Waals surface area (Å²) in [5.41, 5.74) is 0. The quantitative estimate of drug-likeness (QED) is 0.409. The third kappa shape index (κ3) is 4.30. The van der Waals surface area contributed by atoms with Gasteiger partial charge in [0.15, 0.2) is 0 Å². The largest absolute Gasteiger partial charge is 0.303 e. The molecule has 10 heavy (non-hydrogen) atoms. The molecule has 0 aliphatic heterocycles. The molecule has 0 unspecified atom stereocenters. The Balaban J connectivity index is 3.38. The molecule has 1 atom stereocenters. The molecule has 0 heterocycles. The van der Waals surface area contributed by atoms with Gasteiger partial charge in [-0.05, 0) is 12.8 Å². The molecule has 1 heteroatoms. The van der Waals surface area contributed by atoms with Crippen LogP contribution >= 0.6 is 0 Å². The van der Waals surface area contributed by atoms with Gasteiger partial charge in [-0.2, -0.15) is 0 Å². The van der Waals surface area contributed by atoms with Crippen molar-refractivity contribution >= 4 is 6.29 Å². The van der Waals surface area contributed by atoms with Crippen LogP contribution in [0.3, 0.4) is 0 Å². The van der Waals surface area contributed by atoms with Crippen molar-refractivity contribution in [1.82, 2.24) is 0 Å². The van der Waals surface area contributed by atoms with Gasteiger partial charge in [-0.1, -0.05) is 25.8 Å². The zero-order chi connectivity index (χ0) is 7.82. The molecule has 0 bridgehead atoms. The lowest BCUT2D eigenvalue weighted by atomic mass is 10.0. The van der Waals surface area contributed by atoms with Crippen LogP contribution in [-0.4, -0.2) is 6.29 Å². The SMILES string of the molecule is C=CC[C@H](C=O)CCCC. The highest BCUT2D eigenvalue weighted by molar-refractivity contribution is 5.53. The number of carbonyl (C=O) groups is 1. The van der Waals surface area contributed by atoms with Gasteiger partial charge < -0.3 is 4.79 Å². The van der Waals surface area contributed by atoms with Crippen LogP contribution in [0.5, 0.6) is 0 Å². The van der Waals surface area contributed by atoms with Gasteiger partial charge >= 0.3 is 0 Å². The lowest BCUT2D eigenvalue weighted by Gasteiger charge is -2.04. The highest BCUT2D eigenvalue weighted by Crippen LogP contribution is 2.09. The van der Waals surface area contributed by atoms with E-state index >= 15 is 0 Å². The summed E-state index contributed by atoms with van der Waals surface area (Å²) in [6.45, 7) is 5.73. The van der Waals surface area contributed by atoms with Crippen molar-refractivity contribution in [1.29, 1.82) is 0 Å². The van der Waals surface area contributed by atoms with Crippen LogP contribution in [-0.2, 0) is 4.79 Å². The topological polar surface area (TPSA) is 17.1 Å². The van der Waals surface area contributed by atoms with E-state index < -0.39 is 0 Å². The van der Waals surface area contributed by atoms with Crippen molar-refractivity contribution in [2.45, 2.75) is 32.6 Å². The van der Waals surface area contributed by atoms with Gasteiger partial charge in [-0.3, -0.25) is 0 Å². The minimum atomic E-state index is 0.220. The first kappa shape index (κ1) is 9.41. The molecule has 0 amide bonds. The van der Waals surface area contributed by atoms with Crippen LogP contribution in [0.1, 0.15) is 32.6 Å². The fourth-order valence-electron chi connectivity index (χ4n) is 0.922. The average Bonchev–Trinajstić information content (AvgIpc) is 1.98. The molecule has 0 aliphatic carbocycles. The monoisotopic (exact) mass is 140 g/mol. The summed E-state index contributed by atoms with van der Waals surface area (Å²) in [5, 5.41) is 0. The van der Waals surface area contributed by atoms with E-state index in [1.165, 1.54) is 6.42 Å². The predicted octanol–water partition coefficient (Wildman–Crippen LogP) is 2.57. The maximum absolute atomic E-state index is 10.4. The molecule has 0 saturated carbocycles. The lowest BCUT2D eigenvalue weighted by Crippen LogP contribution is -1.99. The van der Waals surface area contributed by atoms with E-state index in [0.717, 1.165) is 25.5 Å². The van der Waals surface area contributed by atoms with Crippen LogP contribution in [0.2, 0.25) is 0 Å². The number of carbonyl (C=O) groups excluding carboxylic acids is 1. The highest BCUT2D eigenvalue weighted by atomic mass is 16.1. The van der Waals surface area contributed by atoms with E-state index in [1.807, 2.05) is 6.08 Å². The van der Waals surface area contributed by atoms with E-state index in [2.05, 4.69) is 13.5 Å². The summed E-state index contributed by atoms with van der Waals surface area (Å²) in [6.07, 6.45) is 7.03. The summed E-state index contributed by atoms with van der Waals surface area (Å²) in [6, 6.07) is 0. The van der Waals surface area contributed by atoms with Gasteiger partial charge in [0.25, 0.3) is 0 Å². The van der Waals surface area contributed by atoms with Crippen molar-refractivity contribution in [2.75, 3.05) is 0 Å². The van der Waals surface area contributed by atoms with E-state index in [0.29, 0.717) is 0 Å². The van der Waals surface area contributed by atoms with Gasteiger partial charge in [0.05, 0.1) is 0 Å². The number of unbranched alkanes of at least 4 members (excludes halogenated alkanes) is 1. The fourth-order valence-corrected chi connectivity index (χ4v) is 0.922. The zero-order valence-corrected chi connectivity index (χ0v) is 6.68. The Bertz CT molecular complexity index is 96.9. The maximum atomic E-state index is 10.4. The first-order valence-electron chi connectivity index (χ1n) is 3.91. The number of hydrogen-bond acceptors (Lipinski definition) is 1. The first-order valence-corrected chi connectivity index (χ1v) is 3.91. The van der Waals surface area contributed by atoms with Crippen LogP contribution in [0.4, 0.5) is 0 Å². The summed E-state index contributed by atoms with van der Waals surface area (Å²) in [7, 11) is 0. The van der Waals surface area contributed by atoms with Gasteiger partial charge in [0, 0.05) is 5.92 Å². The maximum Gasteiger partial charge on any atom is 0.123 e. The second kappa shape index (κ2) is 6.53. The van der Waals surface area contributed by atoms with E-state index in [9.17, 15) is 4.79 Å². The Hall–Kier alpha value is -0.590. The van der Waals surface area contributed by atoms with Crippen molar-refractivity contribution in [3.05, 3.63) is 12.7 Å². The number of hydrogen-bond donors (Lipinski definition) is 0. The number of allylic oxidation sites excluding steroid dienone is 1. The molecule has 0 spiro atoms. The Morgan fingerprint density at radius 2 is 2.30 bits per heavy atom. The summed E-state index contributed by atoms with van der Waals surface area (Å²) in [5.74, 6) is 0.220. The second-order valence-electron chi connectivity index (χ2n) is 2.56. The average molecular weight is 140 g/mol. The second-order valence-corrected chi connectivity index (χ2v) is 2.56. The van der Waals surface area contributed by atoms with Crippen molar-refractivity contribution in [3.8, 4) is 0 Å². The number of rotatable bonds is 6. The summed E-state index contributed by atoms with van der Waals surface area (Å²) in [4.78, 5) is 10.4. The van der Waals surface area contributed by atoms with E-state index in [1.54, 1.807) is 0 Å². The molecule has 0 fully saturated rings. The standard InChI is InChI=1S/C9H16O/c1-3-5-7-9(8-10)6-4-2/h4,8-9H,2-3,5-7H2,1H3/t9-/m0/s1. The van der Waals surface area contributed by atoms with Gasteiger partial charge in [-0.15, -0.1) is 6.58 Å². The fraction of sp³-hybridized carbons (Fsp3) is 0.667. The Morgan fingerprint density at radius 1 is 1.60 bits per heavy atom. The first-order chi connectivity index (χ1) is 4.85. The third-order valence-corrected chi connectivity index (χ3v) is 1.59. The molecule has 1 nitrogen and oxygen atoms in total. The van der Waals surface area contributed by atoms with Gasteiger partial charge in [0.1, 0.15) is 6.29 Å². The molecule has 0 N–H and O–H groups in total. The summed E-state index contributed by atoms with van der Waals surface area (Å²) >= 11 is 0. The van der Waals surface area contributed by atoms with Crippen LogP contribution in [0.15, 0.2) is 12.7 Å². The van der Waals surface area contributed by atoms with Crippen molar-refractivity contribution in [3.63, 3.8) is 0 Å². The molecule has 0 saturated heterocycles.